The molecule has 170 valence electrons. The van der Waals surface area contributed by atoms with Crippen molar-refractivity contribution in [3.8, 4) is 11.4 Å². The molecule has 3 aromatic rings. The van der Waals surface area contributed by atoms with Gasteiger partial charge < -0.3 is 14.3 Å². The van der Waals surface area contributed by atoms with E-state index in [4.69, 9.17) is 16.1 Å². The second-order valence-electron chi connectivity index (χ2n) is 8.28. The number of hydrogen-bond acceptors (Lipinski definition) is 6. The first-order chi connectivity index (χ1) is 16.1. The molecule has 2 saturated heterocycles. The van der Waals surface area contributed by atoms with Gasteiger partial charge in [-0.15, -0.1) is 0 Å². The summed E-state index contributed by atoms with van der Waals surface area (Å²) in [6.45, 7) is 4.00. The van der Waals surface area contributed by atoms with Crippen molar-refractivity contribution < 1.29 is 14.1 Å². The van der Waals surface area contributed by atoms with Crippen molar-refractivity contribution in [1.29, 1.82) is 0 Å². The van der Waals surface area contributed by atoms with Gasteiger partial charge in [-0.25, -0.2) is 0 Å². The van der Waals surface area contributed by atoms with Crippen molar-refractivity contribution in [2.75, 3.05) is 37.6 Å². The predicted molar refractivity (Wildman–Crippen MR) is 124 cm³/mol. The molecule has 0 atom stereocenters. The van der Waals surface area contributed by atoms with Gasteiger partial charge in [0.25, 0.3) is 5.91 Å². The molecule has 0 aliphatic carbocycles. The number of carbonyl (C=O) groups is 2. The maximum absolute atomic E-state index is 12.9. The van der Waals surface area contributed by atoms with Gasteiger partial charge >= 0.3 is 0 Å². The molecule has 0 bridgehead atoms. The van der Waals surface area contributed by atoms with E-state index in [0.29, 0.717) is 48.4 Å². The lowest BCUT2D eigenvalue weighted by atomic mass is 10.1. The number of nitrogens with zero attached hydrogens (tertiary/aromatic N) is 5. The largest absolute Gasteiger partial charge is 0.338 e. The summed E-state index contributed by atoms with van der Waals surface area (Å²) >= 11 is 5.93. The first kappa shape index (κ1) is 21.6. The zero-order chi connectivity index (χ0) is 22.8. The molecular formula is C24H24ClN5O3. The first-order valence-corrected chi connectivity index (χ1v) is 11.5. The topological polar surface area (TPSA) is 82.8 Å². The standard InChI is InChI=1S/C24H24ClN5O3/c25-19-7-3-17(4-8-19)23-26-21(33-27-23)16-28-12-14-29(15-13-28)24(32)18-5-9-20(10-6-18)30-11-1-2-22(30)31/h3-10H,1-2,11-16H2. The molecule has 2 fully saturated rings. The van der Waals surface area contributed by atoms with Crippen molar-refractivity contribution in [1.82, 2.24) is 19.9 Å². The molecule has 0 N–H and O–H groups in total. The summed E-state index contributed by atoms with van der Waals surface area (Å²) in [5.41, 5.74) is 2.35. The van der Waals surface area contributed by atoms with Crippen molar-refractivity contribution in [2.24, 2.45) is 0 Å². The Kier molecular flexibility index (Phi) is 6.11. The lowest BCUT2D eigenvalue weighted by Crippen LogP contribution is -2.48. The molecule has 0 unspecified atom stereocenters. The number of amides is 2. The van der Waals surface area contributed by atoms with E-state index in [9.17, 15) is 9.59 Å². The summed E-state index contributed by atoms with van der Waals surface area (Å²) in [6.07, 6.45) is 1.48. The number of anilines is 1. The number of rotatable bonds is 5. The van der Waals surface area contributed by atoms with E-state index in [1.807, 2.05) is 41.3 Å². The van der Waals surface area contributed by atoms with Gasteiger partial charge in [0.1, 0.15) is 0 Å². The number of benzene rings is 2. The zero-order valence-electron chi connectivity index (χ0n) is 18.1. The van der Waals surface area contributed by atoms with Gasteiger partial charge in [-0.3, -0.25) is 14.5 Å². The molecule has 9 heteroatoms. The van der Waals surface area contributed by atoms with Crippen LogP contribution in [0, 0.1) is 0 Å². The Hall–Kier alpha value is -3.23. The number of halogens is 1. The van der Waals surface area contributed by atoms with Crippen LogP contribution in [-0.2, 0) is 11.3 Å². The van der Waals surface area contributed by atoms with Crippen LogP contribution in [0.3, 0.4) is 0 Å². The second-order valence-corrected chi connectivity index (χ2v) is 8.72. The van der Waals surface area contributed by atoms with Gasteiger partial charge in [0, 0.05) is 61.0 Å². The molecule has 1 aromatic heterocycles. The number of piperazine rings is 1. The summed E-state index contributed by atoms with van der Waals surface area (Å²) in [5, 5.41) is 4.72. The normalized spacial score (nSPS) is 17.1. The average molecular weight is 466 g/mol. The molecule has 2 amide bonds. The summed E-state index contributed by atoms with van der Waals surface area (Å²) in [5.74, 6) is 1.24. The third-order valence-corrected chi connectivity index (χ3v) is 6.34. The lowest BCUT2D eigenvalue weighted by molar-refractivity contribution is -0.117. The van der Waals surface area contributed by atoms with E-state index in [1.54, 1.807) is 17.0 Å². The Balaban J connectivity index is 1.14. The van der Waals surface area contributed by atoms with Crippen LogP contribution in [0.15, 0.2) is 53.1 Å². The molecular weight excluding hydrogens is 442 g/mol. The molecule has 0 radical (unpaired) electrons. The number of hydrogen-bond donors (Lipinski definition) is 0. The van der Waals surface area contributed by atoms with Gasteiger partial charge in [-0.05, 0) is 55.0 Å². The highest BCUT2D eigenvalue weighted by atomic mass is 35.5. The quantitative estimate of drug-likeness (QED) is 0.573. The molecule has 2 aromatic carbocycles. The molecule has 5 rings (SSSR count). The molecule has 2 aliphatic rings. The minimum atomic E-state index is 0.0109. The van der Waals surface area contributed by atoms with Crippen LogP contribution in [0.25, 0.3) is 11.4 Å². The Morgan fingerprint density at radius 1 is 0.970 bits per heavy atom. The van der Waals surface area contributed by atoms with Crippen LogP contribution < -0.4 is 4.90 Å². The lowest BCUT2D eigenvalue weighted by Gasteiger charge is -2.34. The van der Waals surface area contributed by atoms with E-state index in [-0.39, 0.29) is 11.8 Å². The van der Waals surface area contributed by atoms with Crippen LogP contribution in [-0.4, -0.2) is 64.5 Å². The van der Waals surface area contributed by atoms with E-state index in [2.05, 4.69) is 15.0 Å². The monoisotopic (exact) mass is 465 g/mol. The molecule has 3 heterocycles. The maximum atomic E-state index is 12.9. The van der Waals surface area contributed by atoms with Gasteiger partial charge in [0.05, 0.1) is 6.54 Å². The summed E-state index contributed by atoms with van der Waals surface area (Å²) in [4.78, 5) is 35.2. The van der Waals surface area contributed by atoms with Gasteiger partial charge in [-0.1, -0.05) is 16.8 Å². The van der Waals surface area contributed by atoms with Crippen LogP contribution in [0.2, 0.25) is 5.02 Å². The maximum Gasteiger partial charge on any atom is 0.253 e. The average Bonchev–Trinajstić information content (AvgIpc) is 3.49. The highest BCUT2D eigenvalue weighted by Crippen LogP contribution is 2.23. The van der Waals surface area contributed by atoms with Gasteiger partial charge in [-0.2, -0.15) is 4.98 Å². The SMILES string of the molecule is O=C(c1ccc(N2CCCC2=O)cc1)N1CCN(Cc2nc(-c3ccc(Cl)cc3)no2)CC1. The fourth-order valence-corrected chi connectivity index (χ4v) is 4.35. The highest BCUT2D eigenvalue weighted by Gasteiger charge is 2.25. The Morgan fingerprint density at radius 2 is 1.70 bits per heavy atom. The third-order valence-electron chi connectivity index (χ3n) is 6.09. The Morgan fingerprint density at radius 3 is 2.36 bits per heavy atom. The number of aromatic nitrogens is 2. The Labute approximate surface area is 196 Å². The minimum absolute atomic E-state index is 0.0109. The number of carbonyl (C=O) groups excluding carboxylic acids is 2. The first-order valence-electron chi connectivity index (χ1n) is 11.1. The van der Waals surface area contributed by atoms with Crippen molar-refractivity contribution in [2.45, 2.75) is 19.4 Å². The van der Waals surface area contributed by atoms with Crippen LogP contribution in [0.5, 0.6) is 0 Å². The second kappa shape index (κ2) is 9.33. The molecule has 0 spiro atoms. The minimum Gasteiger partial charge on any atom is -0.338 e. The molecule has 2 aliphatic heterocycles. The smallest absolute Gasteiger partial charge is 0.253 e. The van der Waals surface area contributed by atoms with E-state index < -0.39 is 0 Å². The zero-order valence-corrected chi connectivity index (χ0v) is 18.9. The van der Waals surface area contributed by atoms with E-state index in [0.717, 1.165) is 37.3 Å². The van der Waals surface area contributed by atoms with Crippen molar-refractivity contribution in [3.63, 3.8) is 0 Å². The summed E-state index contributed by atoms with van der Waals surface area (Å²) in [6, 6.07) is 14.7. The van der Waals surface area contributed by atoms with Crippen LogP contribution >= 0.6 is 11.6 Å². The van der Waals surface area contributed by atoms with Crippen molar-refractivity contribution in [3.05, 3.63) is 65.0 Å². The predicted octanol–water partition coefficient (Wildman–Crippen LogP) is 3.47. The van der Waals surface area contributed by atoms with Crippen LogP contribution in [0.1, 0.15) is 29.1 Å². The third kappa shape index (κ3) is 4.77. The van der Waals surface area contributed by atoms with Gasteiger partial charge in [0.15, 0.2) is 0 Å². The van der Waals surface area contributed by atoms with Crippen molar-refractivity contribution >= 4 is 29.1 Å². The summed E-state index contributed by atoms with van der Waals surface area (Å²) < 4.78 is 5.41. The molecule has 0 saturated carbocycles. The fourth-order valence-electron chi connectivity index (χ4n) is 4.22. The van der Waals surface area contributed by atoms with E-state index >= 15 is 0 Å². The van der Waals surface area contributed by atoms with E-state index in [1.165, 1.54) is 0 Å². The molecule has 8 nitrogen and oxygen atoms in total. The highest BCUT2D eigenvalue weighted by molar-refractivity contribution is 6.30. The fraction of sp³-hybridized carbons (Fsp3) is 0.333. The molecule has 33 heavy (non-hydrogen) atoms. The summed E-state index contributed by atoms with van der Waals surface area (Å²) in [7, 11) is 0. The Bertz CT molecular complexity index is 1140. The van der Waals surface area contributed by atoms with Crippen LogP contribution in [0.4, 0.5) is 5.69 Å². The van der Waals surface area contributed by atoms with Gasteiger partial charge in [0.2, 0.25) is 17.6 Å².